The third-order valence-electron chi connectivity index (χ3n) is 4.61. The van der Waals surface area contributed by atoms with E-state index in [4.69, 9.17) is 16.3 Å². The van der Waals surface area contributed by atoms with Crippen LogP contribution in [0, 0.1) is 0 Å². The van der Waals surface area contributed by atoms with Gasteiger partial charge in [0.15, 0.2) is 0 Å². The Morgan fingerprint density at radius 2 is 2.00 bits per heavy atom. The van der Waals surface area contributed by atoms with Crippen LogP contribution in [0.25, 0.3) is 0 Å². The van der Waals surface area contributed by atoms with Crippen LogP contribution in [-0.2, 0) is 11.2 Å². The smallest absolute Gasteiger partial charge is 0.410 e. The largest absolute Gasteiger partial charge is 0.444 e. The maximum Gasteiger partial charge on any atom is 0.410 e. The minimum atomic E-state index is -0.428. The summed E-state index contributed by atoms with van der Waals surface area (Å²) in [7, 11) is 0. The molecule has 0 aliphatic carbocycles. The lowest BCUT2D eigenvalue weighted by molar-refractivity contribution is 0.0130. The van der Waals surface area contributed by atoms with Crippen molar-refractivity contribution >= 4 is 17.7 Å². The number of carbonyl (C=O) groups is 1. The Morgan fingerprint density at radius 1 is 1.26 bits per heavy atom. The van der Waals surface area contributed by atoms with Crippen LogP contribution in [0.15, 0.2) is 24.3 Å². The van der Waals surface area contributed by atoms with E-state index < -0.39 is 5.60 Å². The van der Waals surface area contributed by atoms with Crippen molar-refractivity contribution in [3.05, 3.63) is 34.9 Å². The molecule has 1 amide bonds. The van der Waals surface area contributed by atoms with Gasteiger partial charge in [0.05, 0.1) is 0 Å². The van der Waals surface area contributed by atoms with Crippen molar-refractivity contribution in [2.75, 3.05) is 19.6 Å². The summed E-state index contributed by atoms with van der Waals surface area (Å²) in [5.41, 5.74) is 0.767. The van der Waals surface area contributed by atoms with Gasteiger partial charge in [0.2, 0.25) is 0 Å². The van der Waals surface area contributed by atoms with Gasteiger partial charge in [-0.1, -0.05) is 29.8 Å². The maximum absolute atomic E-state index is 12.2. The fourth-order valence-electron chi connectivity index (χ4n) is 3.53. The Bertz CT molecular complexity index is 585. The topological polar surface area (TPSA) is 32.8 Å². The number of hydrogen-bond acceptors (Lipinski definition) is 3. The highest BCUT2D eigenvalue weighted by Crippen LogP contribution is 2.32. The van der Waals surface area contributed by atoms with Crippen molar-refractivity contribution in [3.63, 3.8) is 0 Å². The van der Waals surface area contributed by atoms with Crippen molar-refractivity contribution in [1.29, 1.82) is 0 Å². The molecule has 2 bridgehead atoms. The summed E-state index contributed by atoms with van der Waals surface area (Å²) in [6.07, 6.45) is 1.84. The van der Waals surface area contributed by atoms with E-state index in [-0.39, 0.29) is 6.09 Å². The molecule has 126 valence electrons. The Morgan fingerprint density at radius 3 is 2.61 bits per heavy atom. The molecule has 2 unspecified atom stereocenters. The van der Waals surface area contributed by atoms with Gasteiger partial charge in [-0.15, -0.1) is 0 Å². The fraction of sp³-hybridized carbons (Fsp3) is 0.611. The van der Waals surface area contributed by atoms with Crippen LogP contribution >= 0.6 is 11.6 Å². The van der Waals surface area contributed by atoms with Gasteiger partial charge in [0.1, 0.15) is 5.60 Å². The first-order chi connectivity index (χ1) is 10.8. The predicted molar refractivity (Wildman–Crippen MR) is 91.9 cm³/mol. The number of ether oxygens (including phenoxy) is 1. The van der Waals surface area contributed by atoms with Gasteiger partial charge in [-0.2, -0.15) is 0 Å². The first-order valence-corrected chi connectivity index (χ1v) is 8.68. The second-order valence-corrected chi connectivity index (χ2v) is 7.92. The molecule has 4 nitrogen and oxygen atoms in total. The van der Waals surface area contributed by atoms with Crippen LogP contribution in [0.1, 0.15) is 32.8 Å². The third kappa shape index (κ3) is 3.81. The van der Waals surface area contributed by atoms with E-state index >= 15 is 0 Å². The molecular formula is C18H25ClN2O2. The second-order valence-electron chi connectivity index (χ2n) is 7.51. The monoisotopic (exact) mass is 336 g/mol. The molecule has 1 aromatic carbocycles. The van der Waals surface area contributed by atoms with Crippen LogP contribution in [0.2, 0.25) is 5.02 Å². The number of likely N-dealkylation sites (tertiary alicyclic amines) is 2. The van der Waals surface area contributed by atoms with Gasteiger partial charge < -0.3 is 9.64 Å². The van der Waals surface area contributed by atoms with E-state index in [1.54, 1.807) is 0 Å². The number of fused-ring (bicyclic) bond motifs is 2. The van der Waals surface area contributed by atoms with Gasteiger partial charge >= 0.3 is 6.09 Å². The number of benzene rings is 1. The summed E-state index contributed by atoms with van der Waals surface area (Å²) in [6.45, 7) is 8.45. The minimum Gasteiger partial charge on any atom is -0.444 e. The minimum absolute atomic E-state index is 0.171. The first-order valence-electron chi connectivity index (χ1n) is 8.30. The summed E-state index contributed by atoms with van der Waals surface area (Å²) < 4.78 is 5.51. The van der Waals surface area contributed by atoms with E-state index in [0.717, 1.165) is 37.5 Å². The van der Waals surface area contributed by atoms with Crippen LogP contribution in [0.3, 0.4) is 0 Å². The van der Waals surface area contributed by atoms with E-state index in [1.165, 1.54) is 5.56 Å². The number of carbonyl (C=O) groups excluding carboxylic acids is 1. The van der Waals surface area contributed by atoms with Crippen molar-refractivity contribution in [3.8, 4) is 0 Å². The van der Waals surface area contributed by atoms with Gasteiger partial charge in [-0.05, 0) is 45.2 Å². The van der Waals surface area contributed by atoms with Gasteiger partial charge in [0, 0.05) is 36.7 Å². The number of nitrogens with zero attached hydrogens (tertiary/aromatic N) is 2. The molecule has 2 atom stereocenters. The Balaban J connectivity index is 1.53. The quantitative estimate of drug-likeness (QED) is 0.845. The summed E-state index contributed by atoms with van der Waals surface area (Å²) in [4.78, 5) is 16.6. The molecule has 0 saturated carbocycles. The number of amides is 1. The Hall–Kier alpha value is -1.26. The van der Waals surface area contributed by atoms with Gasteiger partial charge in [-0.25, -0.2) is 4.79 Å². The lowest BCUT2D eigenvalue weighted by Gasteiger charge is -2.35. The van der Waals surface area contributed by atoms with Crippen LogP contribution in [0.4, 0.5) is 4.79 Å². The summed E-state index contributed by atoms with van der Waals surface area (Å²) in [6, 6.07) is 8.77. The molecule has 3 rings (SSSR count). The van der Waals surface area contributed by atoms with E-state index in [0.29, 0.717) is 12.1 Å². The normalized spacial score (nSPS) is 24.3. The van der Waals surface area contributed by atoms with Crippen molar-refractivity contribution < 1.29 is 9.53 Å². The van der Waals surface area contributed by atoms with Crippen LogP contribution < -0.4 is 0 Å². The molecule has 2 heterocycles. The molecule has 2 saturated heterocycles. The SMILES string of the molecule is CC(C)(C)OC(=O)N1CC2CC1CN2CCc1ccccc1Cl. The number of piperazine rings is 1. The lowest BCUT2D eigenvalue weighted by Crippen LogP contribution is -2.50. The fourth-order valence-corrected chi connectivity index (χ4v) is 3.76. The standard InChI is InChI=1S/C18H25ClN2O2/c1-18(2,3)23-17(22)21-12-14-10-15(21)11-20(14)9-8-13-6-4-5-7-16(13)19/h4-7,14-15H,8-12H2,1-3H3. The summed E-state index contributed by atoms with van der Waals surface area (Å²) >= 11 is 6.23. The van der Waals surface area contributed by atoms with Gasteiger partial charge in [-0.3, -0.25) is 4.90 Å². The zero-order valence-corrected chi connectivity index (χ0v) is 14.8. The highest BCUT2D eigenvalue weighted by Gasteiger charge is 2.46. The van der Waals surface area contributed by atoms with E-state index in [9.17, 15) is 4.79 Å². The van der Waals surface area contributed by atoms with E-state index in [1.807, 2.05) is 43.9 Å². The molecule has 0 radical (unpaired) electrons. The molecule has 0 N–H and O–H groups in total. The summed E-state index contributed by atoms with van der Waals surface area (Å²) in [5, 5.41) is 0.840. The van der Waals surface area contributed by atoms with Crippen molar-refractivity contribution in [1.82, 2.24) is 9.80 Å². The number of halogens is 1. The number of rotatable bonds is 3. The lowest BCUT2D eigenvalue weighted by atomic mass is 10.1. The average molecular weight is 337 g/mol. The van der Waals surface area contributed by atoms with Crippen molar-refractivity contribution in [2.24, 2.45) is 0 Å². The van der Waals surface area contributed by atoms with Crippen molar-refractivity contribution in [2.45, 2.75) is 51.3 Å². The molecule has 1 aromatic rings. The molecule has 2 aliphatic heterocycles. The zero-order chi connectivity index (χ0) is 16.6. The third-order valence-corrected chi connectivity index (χ3v) is 4.98. The van der Waals surface area contributed by atoms with Crippen LogP contribution in [-0.4, -0.2) is 53.2 Å². The average Bonchev–Trinajstić information content (AvgIpc) is 3.04. The molecule has 0 aromatic heterocycles. The highest BCUT2D eigenvalue weighted by atomic mass is 35.5. The first kappa shape index (κ1) is 16.6. The molecule has 5 heteroatoms. The Labute approximate surface area is 143 Å². The Kier molecular flexibility index (Phi) is 4.56. The molecule has 2 aliphatic rings. The van der Waals surface area contributed by atoms with E-state index in [2.05, 4.69) is 11.0 Å². The zero-order valence-electron chi connectivity index (χ0n) is 14.1. The predicted octanol–water partition coefficient (Wildman–Crippen LogP) is 3.58. The summed E-state index contributed by atoms with van der Waals surface area (Å²) in [5.74, 6) is 0. The molecular weight excluding hydrogens is 312 g/mol. The maximum atomic E-state index is 12.2. The van der Waals surface area contributed by atoms with Crippen LogP contribution in [0.5, 0.6) is 0 Å². The molecule has 2 fully saturated rings. The van der Waals surface area contributed by atoms with Gasteiger partial charge in [0.25, 0.3) is 0 Å². The number of hydrogen-bond donors (Lipinski definition) is 0. The highest BCUT2D eigenvalue weighted by molar-refractivity contribution is 6.31. The molecule has 23 heavy (non-hydrogen) atoms. The second kappa shape index (κ2) is 6.33. The molecule has 0 spiro atoms.